The molecule has 0 saturated carbocycles. The van der Waals surface area contributed by atoms with Crippen molar-refractivity contribution < 1.29 is 14.3 Å². The van der Waals surface area contributed by atoms with Crippen molar-refractivity contribution in [3.8, 4) is 11.5 Å². The Hall–Kier alpha value is -3.08. The van der Waals surface area contributed by atoms with E-state index in [0.29, 0.717) is 17.9 Å². The fourth-order valence-corrected chi connectivity index (χ4v) is 3.74. The van der Waals surface area contributed by atoms with E-state index >= 15 is 0 Å². The number of nitrogens with one attached hydrogen (secondary N) is 1. The fraction of sp³-hybridized carbons (Fsp3) is 0.238. The summed E-state index contributed by atoms with van der Waals surface area (Å²) in [7, 11) is 3.24. The van der Waals surface area contributed by atoms with Gasteiger partial charge >= 0.3 is 0 Å². The highest BCUT2D eigenvalue weighted by Gasteiger charge is 2.31. The van der Waals surface area contributed by atoms with Gasteiger partial charge in [-0.05, 0) is 24.1 Å². The SMILES string of the molecule is COc1cc2c(c(OC)c1)[C@H](c1ccc(C)c3ncccc13)CC(=O)N2. The van der Waals surface area contributed by atoms with Gasteiger partial charge in [0.25, 0.3) is 0 Å². The minimum absolute atomic E-state index is 0.0181. The molecule has 1 aromatic heterocycles. The van der Waals surface area contributed by atoms with Gasteiger partial charge in [-0.15, -0.1) is 0 Å². The quantitative estimate of drug-likeness (QED) is 0.776. The molecule has 5 heteroatoms. The van der Waals surface area contributed by atoms with E-state index in [2.05, 4.69) is 28.5 Å². The number of aryl methyl sites for hydroxylation is 1. The van der Waals surface area contributed by atoms with Gasteiger partial charge in [-0.3, -0.25) is 9.78 Å². The normalized spacial score (nSPS) is 16.1. The van der Waals surface area contributed by atoms with Crippen LogP contribution in [0.5, 0.6) is 11.5 Å². The molecule has 1 aliphatic heterocycles. The van der Waals surface area contributed by atoms with Crippen molar-refractivity contribution in [3.63, 3.8) is 0 Å². The third kappa shape index (κ3) is 2.56. The van der Waals surface area contributed by atoms with Gasteiger partial charge in [-0.2, -0.15) is 0 Å². The summed E-state index contributed by atoms with van der Waals surface area (Å²) < 4.78 is 11.0. The molecule has 0 saturated heterocycles. The summed E-state index contributed by atoms with van der Waals surface area (Å²) in [6, 6.07) is 11.9. The molecule has 1 N–H and O–H groups in total. The van der Waals surface area contributed by atoms with Crippen LogP contribution in [0.25, 0.3) is 10.9 Å². The number of aromatic nitrogens is 1. The van der Waals surface area contributed by atoms with E-state index in [1.54, 1.807) is 20.4 Å². The van der Waals surface area contributed by atoms with Crippen LogP contribution in [0.2, 0.25) is 0 Å². The number of rotatable bonds is 3. The third-order valence-electron chi connectivity index (χ3n) is 4.96. The first-order valence-corrected chi connectivity index (χ1v) is 8.52. The number of ether oxygens (including phenoxy) is 2. The van der Waals surface area contributed by atoms with Gasteiger partial charge in [0.1, 0.15) is 11.5 Å². The number of anilines is 1. The lowest BCUT2D eigenvalue weighted by Crippen LogP contribution is -2.24. The molecule has 26 heavy (non-hydrogen) atoms. The van der Waals surface area contributed by atoms with Crippen LogP contribution in [0.15, 0.2) is 42.6 Å². The lowest BCUT2D eigenvalue weighted by Gasteiger charge is -2.29. The van der Waals surface area contributed by atoms with Gasteiger partial charge in [-0.25, -0.2) is 0 Å². The van der Waals surface area contributed by atoms with Crippen LogP contribution in [0.3, 0.4) is 0 Å². The second-order valence-corrected chi connectivity index (χ2v) is 6.47. The highest BCUT2D eigenvalue weighted by molar-refractivity contribution is 5.98. The van der Waals surface area contributed by atoms with E-state index in [1.165, 1.54) is 0 Å². The Morgan fingerprint density at radius 2 is 2.00 bits per heavy atom. The van der Waals surface area contributed by atoms with E-state index < -0.39 is 0 Å². The number of nitrogens with zero attached hydrogens (tertiary/aromatic N) is 1. The summed E-state index contributed by atoms with van der Waals surface area (Å²) in [6.45, 7) is 2.05. The van der Waals surface area contributed by atoms with Crippen molar-refractivity contribution in [2.24, 2.45) is 0 Å². The van der Waals surface area contributed by atoms with Crippen LogP contribution < -0.4 is 14.8 Å². The maximum atomic E-state index is 12.4. The first kappa shape index (κ1) is 16.4. The van der Waals surface area contributed by atoms with E-state index in [4.69, 9.17) is 9.47 Å². The molecule has 2 aromatic carbocycles. The van der Waals surface area contributed by atoms with Gasteiger partial charge in [0, 0.05) is 41.6 Å². The molecule has 132 valence electrons. The number of amides is 1. The Bertz CT molecular complexity index is 1010. The zero-order valence-corrected chi connectivity index (χ0v) is 15.0. The molecule has 0 aliphatic carbocycles. The Labute approximate surface area is 152 Å². The monoisotopic (exact) mass is 348 g/mol. The van der Waals surface area contributed by atoms with Crippen LogP contribution in [-0.4, -0.2) is 25.1 Å². The van der Waals surface area contributed by atoms with E-state index in [1.807, 2.05) is 25.1 Å². The number of fused-ring (bicyclic) bond motifs is 2. The molecule has 1 atom stereocenters. The fourth-order valence-electron chi connectivity index (χ4n) is 3.74. The van der Waals surface area contributed by atoms with Gasteiger partial charge in [0.15, 0.2) is 0 Å². The molecule has 1 amide bonds. The molecule has 2 heterocycles. The Balaban J connectivity index is 1.98. The van der Waals surface area contributed by atoms with Crippen molar-refractivity contribution in [1.29, 1.82) is 0 Å². The summed E-state index contributed by atoms with van der Waals surface area (Å²) in [5, 5.41) is 4.02. The molecule has 0 radical (unpaired) electrons. The largest absolute Gasteiger partial charge is 0.497 e. The van der Waals surface area contributed by atoms with Crippen molar-refractivity contribution in [1.82, 2.24) is 4.98 Å². The second-order valence-electron chi connectivity index (χ2n) is 6.47. The summed E-state index contributed by atoms with van der Waals surface area (Å²) in [6.07, 6.45) is 2.16. The van der Waals surface area contributed by atoms with Gasteiger partial charge in [-0.1, -0.05) is 18.2 Å². The summed E-state index contributed by atoms with van der Waals surface area (Å²) in [5.41, 5.74) is 4.87. The minimum Gasteiger partial charge on any atom is -0.497 e. The minimum atomic E-state index is -0.105. The molecule has 3 aromatic rings. The highest BCUT2D eigenvalue weighted by atomic mass is 16.5. The van der Waals surface area contributed by atoms with Crippen molar-refractivity contribution in [2.75, 3.05) is 19.5 Å². The van der Waals surface area contributed by atoms with Crippen LogP contribution in [0.4, 0.5) is 5.69 Å². The van der Waals surface area contributed by atoms with Crippen molar-refractivity contribution in [2.45, 2.75) is 19.3 Å². The van der Waals surface area contributed by atoms with Crippen LogP contribution in [0.1, 0.15) is 29.0 Å². The number of benzene rings is 2. The van der Waals surface area contributed by atoms with Crippen LogP contribution in [0, 0.1) is 6.92 Å². The first-order valence-electron chi connectivity index (χ1n) is 8.52. The summed E-state index contributed by atoms with van der Waals surface area (Å²) in [4.78, 5) is 16.9. The van der Waals surface area contributed by atoms with E-state index in [0.717, 1.165) is 33.3 Å². The smallest absolute Gasteiger partial charge is 0.225 e. The summed E-state index contributed by atoms with van der Waals surface area (Å²) in [5.74, 6) is 1.24. The van der Waals surface area contributed by atoms with Crippen molar-refractivity contribution in [3.05, 3.63) is 59.3 Å². The van der Waals surface area contributed by atoms with Gasteiger partial charge < -0.3 is 14.8 Å². The molecule has 1 aliphatic rings. The number of carbonyl (C=O) groups is 1. The molecule has 5 nitrogen and oxygen atoms in total. The zero-order valence-electron chi connectivity index (χ0n) is 15.0. The van der Waals surface area contributed by atoms with Gasteiger partial charge in [0.05, 0.1) is 25.4 Å². The maximum Gasteiger partial charge on any atom is 0.225 e. The average Bonchev–Trinajstić information content (AvgIpc) is 2.66. The highest BCUT2D eigenvalue weighted by Crippen LogP contribution is 2.46. The predicted octanol–water partition coefficient (Wildman–Crippen LogP) is 4.03. The van der Waals surface area contributed by atoms with Gasteiger partial charge in [0.2, 0.25) is 5.91 Å². The number of carbonyl (C=O) groups excluding carboxylic acids is 1. The molecule has 0 spiro atoms. The Morgan fingerprint density at radius 1 is 1.15 bits per heavy atom. The molecule has 4 rings (SSSR count). The average molecular weight is 348 g/mol. The number of hydrogen-bond donors (Lipinski definition) is 1. The van der Waals surface area contributed by atoms with E-state index in [-0.39, 0.29) is 11.8 Å². The Kier molecular flexibility index (Phi) is 3.99. The lowest BCUT2D eigenvalue weighted by molar-refractivity contribution is -0.116. The molecule has 0 fully saturated rings. The molecular weight excluding hydrogens is 328 g/mol. The third-order valence-corrected chi connectivity index (χ3v) is 4.96. The second kappa shape index (κ2) is 6.33. The summed E-state index contributed by atoms with van der Waals surface area (Å²) >= 11 is 0. The topological polar surface area (TPSA) is 60.5 Å². The number of methoxy groups -OCH3 is 2. The lowest BCUT2D eigenvalue weighted by atomic mass is 9.82. The van der Waals surface area contributed by atoms with E-state index in [9.17, 15) is 4.79 Å². The number of pyridine rings is 1. The predicted molar refractivity (Wildman–Crippen MR) is 101 cm³/mol. The van der Waals surface area contributed by atoms with Crippen molar-refractivity contribution >= 4 is 22.5 Å². The molecule has 0 unspecified atom stereocenters. The van der Waals surface area contributed by atoms with Crippen LogP contribution in [-0.2, 0) is 4.79 Å². The standard InChI is InChI=1S/C21H20N2O3/c1-12-6-7-14(15-5-4-8-22-21(12)15)16-11-19(24)23-17-9-13(25-2)10-18(26-3)20(16)17/h4-10,16H,11H2,1-3H3,(H,23,24)/t16-/m0/s1. The zero-order chi connectivity index (χ0) is 18.3. The first-order chi connectivity index (χ1) is 12.6. The number of hydrogen-bond acceptors (Lipinski definition) is 4. The molecular formula is C21H20N2O3. The molecule has 0 bridgehead atoms. The maximum absolute atomic E-state index is 12.4. The Morgan fingerprint density at radius 3 is 2.77 bits per heavy atom. The van der Waals surface area contributed by atoms with Crippen LogP contribution >= 0.6 is 0 Å².